The maximum Gasteiger partial charge on any atom is 0.409 e. The summed E-state index contributed by atoms with van der Waals surface area (Å²) in [5, 5.41) is 16.0. The molecule has 0 bridgehead atoms. The molecule has 2 aromatic heterocycles. The van der Waals surface area contributed by atoms with Crippen LogP contribution < -0.4 is 10.1 Å². The van der Waals surface area contributed by atoms with E-state index in [1.807, 2.05) is 0 Å². The van der Waals surface area contributed by atoms with E-state index in [9.17, 15) is 9.18 Å². The minimum Gasteiger partial charge on any atom is -0.494 e. The summed E-state index contributed by atoms with van der Waals surface area (Å²) >= 11 is 0. The Morgan fingerprint density at radius 2 is 2.17 bits per heavy atom. The summed E-state index contributed by atoms with van der Waals surface area (Å²) in [6.45, 7) is 0. The largest absolute Gasteiger partial charge is 0.494 e. The summed E-state index contributed by atoms with van der Waals surface area (Å²) in [6, 6.07) is 6.12. The van der Waals surface area contributed by atoms with Gasteiger partial charge in [0.1, 0.15) is 5.69 Å². The monoisotopic (exact) mass is 316 g/mol. The standard InChI is InChI=1S/C15H13FN4O3/c1-20-14-10(6-9(7-17-14)18-15(21)22)13(19-20)8-3-4-12(23-2)11(16)5-8/h3-7,18H,1-2H3,(H,21,22). The van der Waals surface area contributed by atoms with E-state index in [0.29, 0.717) is 28.0 Å². The number of carboxylic acid groups (broad SMARTS) is 1. The van der Waals surface area contributed by atoms with Crippen LogP contribution in [-0.2, 0) is 7.05 Å². The van der Waals surface area contributed by atoms with Gasteiger partial charge in [0.05, 0.1) is 19.0 Å². The molecule has 8 heteroatoms. The van der Waals surface area contributed by atoms with Gasteiger partial charge in [0, 0.05) is 18.0 Å². The third-order valence-corrected chi connectivity index (χ3v) is 3.35. The highest BCUT2D eigenvalue weighted by Gasteiger charge is 2.15. The normalized spacial score (nSPS) is 10.7. The predicted octanol–water partition coefficient (Wildman–Crippen LogP) is 2.87. The van der Waals surface area contributed by atoms with Gasteiger partial charge in [-0.25, -0.2) is 18.9 Å². The number of methoxy groups -OCH3 is 1. The van der Waals surface area contributed by atoms with Crippen LogP contribution >= 0.6 is 0 Å². The summed E-state index contributed by atoms with van der Waals surface area (Å²) in [6.07, 6.45) is 0.211. The van der Waals surface area contributed by atoms with Gasteiger partial charge in [0.25, 0.3) is 0 Å². The van der Waals surface area contributed by atoms with E-state index in [0.717, 1.165) is 0 Å². The van der Waals surface area contributed by atoms with Crippen molar-refractivity contribution in [3.8, 4) is 17.0 Å². The Hall–Kier alpha value is -3.16. The Balaban J connectivity index is 2.16. The lowest BCUT2D eigenvalue weighted by molar-refractivity contribution is 0.209. The highest BCUT2D eigenvalue weighted by atomic mass is 19.1. The van der Waals surface area contributed by atoms with E-state index in [1.54, 1.807) is 23.9 Å². The van der Waals surface area contributed by atoms with E-state index in [1.165, 1.54) is 25.4 Å². The van der Waals surface area contributed by atoms with Gasteiger partial charge in [-0.2, -0.15) is 5.10 Å². The molecule has 2 N–H and O–H groups in total. The van der Waals surface area contributed by atoms with Crippen LogP contribution in [0.4, 0.5) is 14.9 Å². The van der Waals surface area contributed by atoms with Crippen molar-refractivity contribution in [3.63, 3.8) is 0 Å². The summed E-state index contributed by atoms with van der Waals surface area (Å²) in [7, 11) is 3.10. The first-order chi connectivity index (χ1) is 11.0. The zero-order valence-electron chi connectivity index (χ0n) is 12.4. The molecule has 118 valence electrons. The summed E-state index contributed by atoms with van der Waals surface area (Å²) in [4.78, 5) is 14.9. The van der Waals surface area contributed by atoms with Crippen LogP contribution in [0.3, 0.4) is 0 Å². The molecule has 0 fully saturated rings. The van der Waals surface area contributed by atoms with Crippen molar-refractivity contribution in [2.75, 3.05) is 12.4 Å². The highest BCUT2D eigenvalue weighted by molar-refractivity contribution is 5.95. The molecule has 0 radical (unpaired) electrons. The van der Waals surface area contributed by atoms with Crippen molar-refractivity contribution < 1.29 is 19.0 Å². The van der Waals surface area contributed by atoms with E-state index in [4.69, 9.17) is 9.84 Å². The van der Waals surface area contributed by atoms with Crippen LogP contribution in [0.1, 0.15) is 0 Å². The van der Waals surface area contributed by atoms with Gasteiger partial charge in [-0.3, -0.25) is 5.32 Å². The fourth-order valence-corrected chi connectivity index (χ4v) is 2.36. The molecule has 0 unspecified atom stereocenters. The zero-order valence-corrected chi connectivity index (χ0v) is 12.4. The molecule has 1 amide bonds. The number of halogens is 1. The second kappa shape index (κ2) is 5.56. The third-order valence-electron chi connectivity index (χ3n) is 3.35. The van der Waals surface area contributed by atoms with Crippen molar-refractivity contribution in [2.24, 2.45) is 7.05 Å². The van der Waals surface area contributed by atoms with Gasteiger partial charge in [-0.05, 0) is 24.3 Å². The second-order valence-corrected chi connectivity index (χ2v) is 4.85. The number of amides is 1. The molecule has 0 saturated heterocycles. The fraction of sp³-hybridized carbons (Fsp3) is 0.133. The Morgan fingerprint density at radius 1 is 1.39 bits per heavy atom. The Morgan fingerprint density at radius 3 is 2.83 bits per heavy atom. The molecule has 7 nitrogen and oxygen atoms in total. The van der Waals surface area contributed by atoms with Crippen molar-refractivity contribution in [1.82, 2.24) is 14.8 Å². The quantitative estimate of drug-likeness (QED) is 0.775. The van der Waals surface area contributed by atoms with Crippen LogP contribution in [0.25, 0.3) is 22.3 Å². The molecular formula is C15H13FN4O3. The molecule has 0 aliphatic rings. The van der Waals surface area contributed by atoms with Crippen molar-refractivity contribution >= 4 is 22.8 Å². The molecule has 3 aromatic rings. The molecule has 2 heterocycles. The molecule has 0 aliphatic carbocycles. The number of rotatable bonds is 3. The molecule has 0 spiro atoms. The number of carbonyl (C=O) groups is 1. The minimum atomic E-state index is -1.19. The van der Waals surface area contributed by atoms with Gasteiger partial charge in [-0.15, -0.1) is 0 Å². The number of ether oxygens (including phenoxy) is 1. The molecule has 1 aromatic carbocycles. The highest BCUT2D eigenvalue weighted by Crippen LogP contribution is 2.30. The first kappa shape index (κ1) is 14.8. The van der Waals surface area contributed by atoms with Crippen molar-refractivity contribution in [3.05, 3.63) is 36.3 Å². The van der Waals surface area contributed by atoms with Gasteiger partial charge in [0.2, 0.25) is 0 Å². The van der Waals surface area contributed by atoms with Crippen LogP contribution in [0.15, 0.2) is 30.5 Å². The number of anilines is 1. The lowest BCUT2D eigenvalue weighted by atomic mass is 10.1. The maximum absolute atomic E-state index is 13.9. The Bertz CT molecular complexity index is 907. The van der Waals surface area contributed by atoms with Crippen LogP contribution in [-0.4, -0.2) is 33.1 Å². The number of benzene rings is 1. The summed E-state index contributed by atoms with van der Waals surface area (Å²) in [5.41, 5.74) is 1.93. The number of hydrogen-bond acceptors (Lipinski definition) is 4. The fourth-order valence-electron chi connectivity index (χ4n) is 2.36. The number of fused-ring (bicyclic) bond motifs is 1. The SMILES string of the molecule is COc1ccc(-c2nn(C)c3ncc(NC(=O)O)cc23)cc1F. The molecule has 0 saturated carbocycles. The molecule has 23 heavy (non-hydrogen) atoms. The van der Waals surface area contributed by atoms with Gasteiger partial charge in [-0.1, -0.05) is 0 Å². The molecule has 0 aliphatic heterocycles. The number of nitrogens with zero attached hydrogens (tertiary/aromatic N) is 3. The maximum atomic E-state index is 13.9. The van der Waals surface area contributed by atoms with Crippen LogP contribution in [0, 0.1) is 5.82 Å². The predicted molar refractivity (Wildman–Crippen MR) is 82.1 cm³/mol. The molecule has 0 atom stereocenters. The lowest BCUT2D eigenvalue weighted by Crippen LogP contribution is -2.07. The van der Waals surface area contributed by atoms with Crippen molar-refractivity contribution in [2.45, 2.75) is 0 Å². The van der Waals surface area contributed by atoms with Gasteiger partial charge < -0.3 is 9.84 Å². The van der Waals surface area contributed by atoms with Gasteiger partial charge >= 0.3 is 6.09 Å². The third kappa shape index (κ3) is 2.66. The van der Waals surface area contributed by atoms with E-state index >= 15 is 0 Å². The van der Waals surface area contributed by atoms with Crippen LogP contribution in [0.2, 0.25) is 0 Å². The van der Waals surface area contributed by atoms with E-state index < -0.39 is 11.9 Å². The first-order valence-electron chi connectivity index (χ1n) is 6.66. The Labute approximate surface area is 130 Å². The topological polar surface area (TPSA) is 89.3 Å². The number of pyridine rings is 1. The number of aromatic nitrogens is 3. The smallest absolute Gasteiger partial charge is 0.409 e. The van der Waals surface area contributed by atoms with E-state index in [-0.39, 0.29) is 5.75 Å². The van der Waals surface area contributed by atoms with Gasteiger partial charge in [0.15, 0.2) is 17.2 Å². The number of nitrogens with one attached hydrogen (secondary N) is 1. The zero-order chi connectivity index (χ0) is 16.6. The molecular weight excluding hydrogens is 303 g/mol. The molecule has 3 rings (SSSR count). The summed E-state index contributed by atoms with van der Waals surface area (Å²) in [5.74, 6) is -0.364. The minimum absolute atomic E-state index is 0.139. The second-order valence-electron chi connectivity index (χ2n) is 4.85. The lowest BCUT2D eigenvalue weighted by Gasteiger charge is -2.04. The number of aryl methyl sites for hydroxylation is 1. The van der Waals surface area contributed by atoms with Crippen molar-refractivity contribution in [1.29, 1.82) is 0 Å². The number of hydrogen-bond donors (Lipinski definition) is 2. The first-order valence-corrected chi connectivity index (χ1v) is 6.66. The van der Waals surface area contributed by atoms with Crippen LogP contribution in [0.5, 0.6) is 5.75 Å². The Kier molecular flexibility index (Phi) is 3.57. The average Bonchev–Trinajstić information content (AvgIpc) is 2.83. The average molecular weight is 316 g/mol. The summed E-state index contributed by atoms with van der Waals surface area (Å²) < 4.78 is 20.4. The van der Waals surface area contributed by atoms with E-state index in [2.05, 4.69) is 15.4 Å².